The van der Waals surface area contributed by atoms with Crippen molar-refractivity contribution < 1.29 is 29.0 Å². The number of hydrogen-bond donors (Lipinski definition) is 2. The summed E-state index contributed by atoms with van der Waals surface area (Å²) in [6, 6.07) is 11.2. The predicted molar refractivity (Wildman–Crippen MR) is 103 cm³/mol. The summed E-state index contributed by atoms with van der Waals surface area (Å²) >= 11 is 0. The second-order valence-electron chi connectivity index (χ2n) is 6.91. The number of halogens is 1. The Labute approximate surface area is 166 Å². The predicted octanol–water partition coefficient (Wildman–Crippen LogP) is 3.42. The van der Waals surface area contributed by atoms with E-state index in [1.54, 1.807) is 24.3 Å². The second kappa shape index (κ2) is 8.26. The molecule has 150 valence electrons. The summed E-state index contributed by atoms with van der Waals surface area (Å²) in [6.07, 6.45) is -0.0261. The zero-order chi connectivity index (χ0) is 21.1. The minimum Gasteiger partial charge on any atom is -0.507 e. The van der Waals surface area contributed by atoms with Crippen LogP contribution < -0.4 is 0 Å². The topological polar surface area (TPSA) is 94.9 Å². The molecular weight excluding hydrogens is 377 g/mol. The molecule has 1 fully saturated rings. The Morgan fingerprint density at radius 1 is 1.03 bits per heavy atom. The highest BCUT2D eigenvalue weighted by Gasteiger charge is 2.45. The number of aryl methyl sites for hydroxylation is 1. The van der Waals surface area contributed by atoms with E-state index in [0.29, 0.717) is 11.1 Å². The second-order valence-corrected chi connectivity index (χ2v) is 6.91. The van der Waals surface area contributed by atoms with Crippen molar-refractivity contribution in [3.8, 4) is 0 Å². The molecule has 1 saturated heterocycles. The quantitative estimate of drug-likeness (QED) is 0.442. The number of benzene rings is 2. The number of amides is 1. The minimum absolute atomic E-state index is 0.0175. The number of carboxylic acids is 1. The largest absolute Gasteiger partial charge is 0.507 e. The number of likely N-dealkylation sites (tertiary alicyclic amines) is 1. The van der Waals surface area contributed by atoms with Gasteiger partial charge in [-0.25, -0.2) is 4.39 Å². The van der Waals surface area contributed by atoms with Crippen molar-refractivity contribution in [2.75, 3.05) is 6.54 Å². The van der Waals surface area contributed by atoms with Crippen LogP contribution in [0.2, 0.25) is 0 Å². The number of ketones is 1. The summed E-state index contributed by atoms with van der Waals surface area (Å²) in [5, 5.41) is 19.7. The van der Waals surface area contributed by atoms with E-state index < -0.39 is 29.5 Å². The van der Waals surface area contributed by atoms with Crippen molar-refractivity contribution >= 4 is 23.4 Å². The smallest absolute Gasteiger partial charge is 0.303 e. The number of carbonyl (C=O) groups is 3. The lowest BCUT2D eigenvalue weighted by atomic mass is 9.95. The number of Topliss-reactive ketones (excluding diaryl/α,β-unsaturated/α-hetero) is 1. The SMILES string of the molecule is Cc1ccc(/C(O)=C2\C(=O)C(=O)N(CCCC(=O)O)C2c2ccc(F)cc2)cc1. The molecule has 1 atom stereocenters. The Balaban J connectivity index is 2.08. The summed E-state index contributed by atoms with van der Waals surface area (Å²) in [7, 11) is 0. The van der Waals surface area contributed by atoms with Crippen LogP contribution in [0.4, 0.5) is 4.39 Å². The summed E-state index contributed by atoms with van der Waals surface area (Å²) < 4.78 is 13.4. The molecule has 1 aliphatic rings. The maximum absolute atomic E-state index is 13.4. The Bertz CT molecular complexity index is 979. The van der Waals surface area contributed by atoms with Crippen LogP contribution in [0.1, 0.15) is 35.6 Å². The van der Waals surface area contributed by atoms with E-state index in [4.69, 9.17) is 5.11 Å². The molecule has 7 heteroatoms. The first-order valence-electron chi connectivity index (χ1n) is 9.12. The van der Waals surface area contributed by atoms with E-state index in [9.17, 15) is 23.9 Å². The van der Waals surface area contributed by atoms with E-state index in [1.165, 1.54) is 29.2 Å². The highest BCUT2D eigenvalue weighted by atomic mass is 19.1. The van der Waals surface area contributed by atoms with Gasteiger partial charge in [-0.05, 0) is 31.0 Å². The van der Waals surface area contributed by atoms with Gasteiger partial charge < -0.3 is 15.1 Å². The Hall–Kier alpha value is -3.48. The van der Waals surface area contributed by atoms with Crippen LogP contribution >= 0.6 is 0 Å². The van der Waals surface area contributed by atoms with Crippen LogP contribution in [0.5, 0.6) is 0 Å². The zero-order valence-corrected chi connectivity index (χ0v) is 15.8. The molecule has 1 aliphatic heterocycles. The van der Waals surface area contributed by atoms with Crippen LogP contribution in [-0.2, 0) is 14.4 Å². The van der Waals surface area contributed by atoms with Gasteiger partial charge in [0, 0.05) is 18.5 Å². The summed E-state index contributed by atoms with van der Waals surface area (Å²) in [6.45, 7) is 1.90. The average Bonchev–Trinajstić information content (AvgIpc) is 2.93. The molecule has 3 rings (SSSR count). The fraction of sp³-hybridized carbons (Fsp3) is 0.227. The van der Waals surface area contributed by atoms with Gasteiger partial charge in [0.25, 0.3) is 11.7 Å². The van der Waals surface area contributed by atoms with Gasteiger partial charge in [0.15, 0.2) is 0 Å². The van der Waals surface area contributed by atoms with Gasteiger partial charge in [0.1, 0.15) is 11.6 Å². The van der Waals surface area contributed by atoms with Gasteiger partial charge >= 0.3 is 5.97 Å². The molecule has 0 aliphatic carbocycles. The molecule has 2 aromatic carbocycles. The lowest BCUT2D eigenvalue weighted by molar-refractivity contribution is -0.140. The summed E-state index contributed by atoms with van der Waals surface area (Å²) in [5.74, 6) is -3.49. The third-order valence-corrected chi connectivity index (χ3v) is 4.84. The molecule has 1 unspecified atom stereocenters. The standard InChI is InChI=1S/C22H20FNO5/c1-13-4-6-15(7-5-13)20(27)18-19(14-8-10-16(23)11-9-14)24(22(29)21(18)28)12-2-3-17(25)26/h4-11,19,27H,2-3,12H2,1H3,(H,25,26)/b20-18+. The summed E-state index contributed by atoms with van der Waals surface area (Å²) in [4.78, 5) is 37.5. The summed E-state index contributed by atoms with van der Waals surface area (Å²) in [5.41, 5.74) is 1.70. The first-order valence-corrected chi connectivity index (χ1v) is 9.12. The van der Waals surface area contributed by atoms with Gasteiger partial charge in [-0.15, -0.1) is 0 Å². The fourth-order valence-corrected chi connectivity index (χ4v) is 3.37. The molecule has 2 aromatic rings. The van der Waals surface area contributed by atoms with Gasteiger partial charge in [0.2, 0.25) is 0 Å². The third kappa shape index (κ3) is 4.18. The van der Waals surface area contributed by atoms with Crippen LogP contribution in [-0.4, -0.2) is 39.3 Å². The van der Waals surface area contributed by atoms with E-state index in [2.05, 4.69) is 0 Å². The molecule has 0 radical (unpaired) electrons. The number of rotatable bonds is 6. The molecule has 6 nitrogen and oxygen atoms in total. The maximum Gasteiger partial charge on any atom is 0.303 e. The van der Waals surface area contributed by atoms with Crippen LogP contribution in [0.25, 0.3) is 5.76 Å². The normalized spacial score (nSPS) is 18.3. The number of aliphatic hydroxyl groups excluding tert-OH is 1. The van der Waals surface area contributed by atoms with Gasteiger partial charge in [-0.2, -0.15) is 0 Å². The van der Waals surface area contributed by atoms with Crippen LogP contribution in [0.15, 0.2) is 54.1 Å². The number of carboxylic acid groups (broad SMARTS) is 1. The van der Waals surface area contributed by atoms with Crippen molar-refractivity contribution in [1.82, 2.24) is 4.90 Å². The van der Waals surface area contributed by atoms with Crippen molar-refractivity contribution in [3.05, 3.63) is 76.6 Å². The third-order valence-electron chi connectivity index (χ3n) is 4.84. The van der Waals surface area contributed by atoms with Gasteiger partial charge in [0.05, 0.1) is 11.6 Å². The Kier molecular flexibility index (Phi) is 5.77. The van der Waals surface area contributed by atoms with Crippen molar-refractivity contribution in [2.45, 2.75) is 25.8 Å². The number of carbonyl (C=O) groups excluding carboxylic acids is 2. The minimum atomic E-state index is -1.01. The van der Waals surface area contributed by atoms with E-state index in [0.717, 1.165) is 5.56 Å². The molecule has 1 heterocycles. The monoisotopic (exact) mass is 397 g/mol. The number of hydrogen-bond acceptors (Lipinski definition) is 4. The Morgan fingerprint density at radius 3 is 2.24 bits per heavy atom. The highest BCUT2D eigenvalue weighted by molar-refractivity contribution is 6.46. The van der Waals surface area contributed by atoms with Crippen LogP contribution in [0.3, 0.4) is 0 Å². The molecule has 2 N–H and O–H groups in total. The van der Waals surface area contributed by atoms with Gasteiger partial charge in [-0.1, -0.05) is 42.0 Å². The highest BCUT2D eigenvalue weighted by Crippen LogP contribution is 2.39. The molecule has 1 amide bonds. The molecular formula is C22H20FNO5. The fourth-order valence-electron chi connectivity index (χ4n) is 3.37. The number of nitrogens with zero attached hydrogens (tertiary/aromatic N) is 1. The van der Waals surface area contributed by atoms with E-state index >= 15 is 0 Å². The lowest BCUT2D eigenvalue weighted by Crippen LogP contribution is -2.31. The number of aliphatic hydroxyl groups is 1. The van der Waals surface area contributed by atoms with E-state index in [-0.39, 0.29) is 30.7 Å². The van der Waals surface area contributed by atoms with E-state index in [1.807, 2.05) is 6.92 Å². The maximum atomic E-state index is 13.4. The molecule has 0 aromatic heterocycles. The molecule has 0 saturated carbocycles. The molecule has 0 spiro atoms. The first kappa shape index (κ1) is 20.3. The average molecular weight is 397 g/mol. The van der Waals surface area contributed by atoms with Crippen molar-refractivity contribution in [1.29, 1.82) is 0 Å². The Morgan fingerprint density at radius 2 is 1.66 bits per heavy atom. The van der Waals surface area contributed by atoms with Gasteiger partial charge in [-0.3, -0.25) is 14.4 Å². The number of aliphatic carboxylic acids is 1. The lowest BCUT2D eigenvalue weighted by Gasteiger charge is -2.25. The first-order chi connectivity index (χ1) is 13.8. The zero-order valence-electron chi connectivity index (χ0n) is 15.8. The van der Waals surface area contributed by atoms with Crippen molar-refractivity contribution in [3.63, 3.8) is 0 Å². The molecule has 0 bridgehead atoms. The molecule has 29 heavy (non-hydrogen) atoms. The van der Waals surface area contributed by atoms with Crippen LogP contribution in [0, 0.1) is 12.7 Å². The van der Waals surface area contributed by atoms with Crippen molar-refractivity contribution in [2.24, 2.45) is 0 Å².